The first-order chi connectivity index (χ1) is 9.47. The number of carbonyl (C=O) groups is 1. The molecule has 0 aromatic heterocycles. The SMILES string of the molecule is O=C(NCCOCC(F)(F)F)N1CCC[C@@H]2CCC[C@H]21. The molecule has 2 fully saturated rings. The number of fused-ring (bicyclic) bond motifs is 1. The summed E-state index contributed by atoms with van der Waals surface area (Å²) in [6, 6.07) is 0.150. The van der Waals surface area contributed by atoms with E-state index in [9.17, 15) is 18.0 Å². The highest BCUT2D eigenvalue weighted by atomic mass is 19.4. The van der Waals surface area contributed by atoms with Crippen molar-refractivity contribution in [2.24, 2.45) is 5.92 Å². The van der Waals surface area contributed by atoms with Crippen LogP contribution >= 0.6 is 0 Å². The molecule has 1 saturated heterocycles. The van der Waals surface area contributed by atoms with Crippen molar-refractivity contribution in [3.63, 3.8) is 0 Å². The number of hydrogen-bond acceptors (Lipinski definition) is 2. The lowest BCUT2D eigenvalue weighted by Crippen LogP contribution is -2.51. The zero-order valence-corrected chi connectivity index (χ0v) is 11.4. The molecule has 116 valence electrons. The van der Waals surface area contributed by atoms with Crippen LogP contribution in [-0.4, -0.2) is 49.5 Å². The van der Waals surface area contributed by atoms with Crippen molar-refractivity contribution in [1.82, 2.24) is 10.2 Å². The van der Waals surface area contributed by atoms with Crippen molar-refractivity contribution in [2.75, 3.05) is 26.3 Å². The summed E-state index contributed by atoms with van der Waals surface area (Å²) in [7, 11) is 0. The molecular weight excluding hydrogens is 273 g/mol. The lowest BCUT2D eigenvalue weighted by atomic mass is 9.92. The van der Waals surface area contributed by atoms with E-state index in [0.29, 0.717) is 12.0 Å². The summed E-state index contributed by atoms with van der Waals surface area (Å²) in [4.78, 5) is 13.9. The topological polar surface area (TPSA) is 41.6 Å². The number of amides is 2. The Kier molecular flexibility index (Phi) is 5.12. The molecule has 1 N–H and O–H groups in total. The molecule has 2 aliphatic rings. The minimum Gasteiger partial charge on any atom is -0.370 e. The number of rotatable bonds is 4. The molecule has 0 spiro atoms. The average molecular weight is 294 g/mol. The number of urea groups is 1. The second-order valence-corrected chi connectivity index (χ2v) is 5.49. The highest BCUT2D eigenvalue weighted by molar-refractivity contribution is 5.74. The number of halogens is 3. The number of hydrogen-bond donors (Lipinski definition) is 1. The van der Waals surface area contributed by atoms with Gasteiger partial charge in [-0.1, -0.05) is 6.42 Å². The van der Waals surface area contributed by atoms with Crippen molar-refractivity contribution >= 4 is 6.03 Å². The summed E-state index contributed by atoms with van der Waals surface area (Å²) in [5.74, 6) is 0.607. The largest absolute Gasteiger partial charge is 0.411 e. The van der Waals surface area contributed by atoms with Gasteiger partial charge in [0, 0.05) is 19.1 Å². The van der Waals surface area contributed by atoms with Crippen LogP contribution in [0, 0.1) is 5.92 Å². The fourth-order valence-corrected chi connectivity index (χ4v) is 3.23. The van der Waals surface area contributed by atoms with E-state index in [1.807, 2.05) is 4.90 Å². The van der Waals surface area contributed by atoms with Gasteiger partial charge >= 0.3 is 12.2 Å². The molecule has 0 aromatic rings. The minimum atomic E-state index is -4.31. The van der Waals surface area contributed by atoms with Crippen LogP contribution < -0.4 is 5.32 Å². The first-order valence-electron chi connectivity index (χ1n) is 7.16. The van der Waals surface area contributed by atoms with Crippen LogP contribution in [0.1, 0.15) is 32.1 Å². The Bertz CT molecular complexity index is 336. The third-order valence-corrected chi connectivity index (χ3v) is 4.04. The van der Waals surface area contributed by atoms with Gasteiger partial charge in [0.25, 0.3) is 0 Å². The number of carbonyl (C=O) groups excluding carboxylic acids is 1. The van der Waals surface area contributed by atoms with E-state index in [-0.39, 0.29) is 19.2 Å². The third-order valence-electron chi connectivity index (χ3n) is 4.04. The van der Waals surface area contributed by atoms with Crippen molar-refractivity contribution < 1.29 is 22.7 Å². The highest BCUT2D eigenvalue weighted by Crippen LogP contribution is 2.36. The number of ether oxygens (including phenoxy) is 1. The number of alkyl halides is 3. The summed E-state index contributed by atoms with van der Waals surface area (Å²) in [5.41, 5.74) is 0. The van der Waals surface area contributed by atoms with Crippen LogP contribution in [0.15, 0.2) is 0 Å². The van der Waals surface area contributed by atoms with Gasteiger partial charge in [0.15, 0.2) is 0 Å². The Hall–Kier alpha value is -0.980. The minimum absolute atomic E-state index is 0.114. The van der Waals surface area contributed by atoms with Gasteiger partial charge in [-0.25, -0.2) is 4.79 Å². The highest BCUT2D eigenvalue weighted by Gasteiger charge is 2.37. The molecule has 1 aliphatic heterocycles. The van der Waals surface area contributed by atoms with Gasteiger partial charge in [-0.2, -0.15) is 13.2 Å². The molecule has 4 nitrogen and oxygen atoms in total. The predicted octanol–water partition coefficient (Wildman–Crippen LogP) is 2.54. The van der Waals surface area contributed by atoms with Gasteiger partial charge in [-0.05, 0) is 31.6 Å². The maximum Gasteiger partial charge on any atom is 0.411 e. The number of likely N-dealkylation sites (tertiary alicyclic amines) is 1. The van der Waals surface area contributed by atoms with Crippen molar-refractivity contribution in [1.29, 1.82) is 0 Å². The average Bonchev–Trinajstić information content (AvgIpc) is 2.84. The smallest absolute Gasteiger partial charge is 0.370 e. The van der Waals surface area contributed by atoms with E-state index >= 15 is 0 Å². The Morgan fingerprint density at radius 2 is 2.00 bits per heavy atom. The van der Waals surface area contributed by atoms with Gasteiger partial charge in [0.2, 0.25) is 0 Å². The molecule has 0 unspecified atom stereocenters. The van der Waals surface area contributed by atoms with Crippen molar-refractivity contribution in [3.8, 4) is 0 Å². The van der Waals surface area contributed by atoms with Crippen molar-refractivity contribution in [3.05, 3.63) is 0 Å². The van der Waals surface area contributed by atoms with Gasteiger partial charge in [-0.15, -0.1) is 0 Å². The van der Waals surface area contributed by atoms with Crippen LogP contribution in [0.5, 0.6) is 0 Å². The fraction of sp³-hybridized carbons (Fsp3) is 0.923. The molecule has 2 rings (SSSR count). The maximum absolute atomic E-state index is 12.0. The standard InChI is InChI=1S/C13H21F3N2O2/c14-13(15,16)9-20-8-6-17-12(19)18-7-2-4-10-3-1-5-11(10)18/h10-11H,1-9H2,(H,17,19)/t10-,11+/m0/s1. The molecule has 1 aliphatic carbocycles. The van der Waals surface area contributed by atoms with Crippen LogP contribution in [0.3, 0.4) is 0 Å². The lowest BCUT2D eigenvalue weighted by molar-refractivity contribution is -0.173. The Morgan fingerprint density at radius 3 is 2.75 bits per heavy atom. The normalized spacial score (nSPS) is 26.4. The van der Waals surface area contributed by atoms with Gasteiger partial charge < -0.3 is 15.0 Å². The van der Waals surface area contributed by atoms with Gasteiger partial charge in [0.1, 0.15) is 6.61 Å². The van der Waals surface area contributed by atoms with Crippen molar-refractivity contribution in [2.45, 2.75) is 44.3 Å². The third kappa shape index (κ3) is 4.26. The molecule has 1 heterocycles. The zero-order valence-electron chi connectivity index (χ0n) is 11.4. The summed E-state index contributed by atoms with van der Waals surface area (Å²) < 4.78 is 40.0. The Balaban J connectivity index is 1.67. The predicted molar refractivity (Wildman–Crippen MR) is 67.3 cm³/mol. The fourth-order valence-electron chi connectivity index (χ4n) is 3.23. The maximum atomic E-state index is 12.0. The van der Waals surface area contributed by atoms with E-state index < -0.39 is 12.8 Å². The summed E-state index contributed by atoms with van der Waals surface area (Å²) in [5, 5.41) is 2.65. The molecule has 1 saturated carbocycles. The summed E-state index contributed by atoms with van der Waals surface area (Å²) in [6.45, 7) is -0.524. The summed E-state index contributed by atoms with van der Waals surface area (Å²) >= 11 is 0. The van der Waals surface area contributed by atoms with Gasteiger partial charge in [-0.3, -0.25) is 0 Å². The molecule has 0 aromatic carbocycles. The van der Waals surface area contributed by atoms with Crippen LogP contribution in [-0.2, 0) is 4.74 Å². The first kappa shape index (κ1) is 15.4. The van der Waals surface area contributed by atoms with Crippen LogP contribution in [0.25, 0.3) is 0 Å². The second kappa shape index (κ2) is 6.65. The quantitative estimate of drug-likeness (QED) is 0.810. The number of piperidine rings is 1. The zero-order chi connectivity index (χ0) is 14.6. The molecule has 20 heavy (non-hydrogen) atoms. The first-order valence-corrected chi connectivity index (χ1v) is 7.16. The van der Waals surface area contributed by atoms with E-state index in [1.165, 1.54) is 12.8 Å². The molecule has 0 bridgehead atoms. The van der Waals surface area contributed by atoms with Gasteiger partial charge in [0.05, 0.1) is 6.61 Å². The molecule has 2 amide bonds. The monoisotopic (exact) mass is 294 g/mol. The van der Waals surface area contributed by atoms with E-state index in [4.69, 9.17) is 0 Å². The second-order valence-electron chi connectivity index (χ2n) is 5.49. The Morgan fingerprint density at radius 1 is 1.25 bits per heavy atom. The number of nitrogens with one attached hydrogen (secondary N) is 1. The number of nitrogens with zero attached hydrogens (tertiary/aromatic N) is 1. The molecule has 0 radical (unpaired) electrons. The molecule has 2 atom stereocenters. The van der Waals surface area contributed by atoms with E-state index in [2.05, 4.69) is 10.1 Å². The van der Waals surface area contributed by atoms with Crippen LogP contribution in [0.4, 0.5) is 18.0 Å². The lowest BCUT2D eigenvalue weighted by Gasteiger charge is -2.37. The molecule has 7 heteroatoms. The Labute approximate surface area is 116 Å². The van der Waals surface area contributed by atoms with Crippen LogP contribution in [0.2, 0.25) is 0 Å². The summed E-state index contributed by atoms with van der Waals surface area (Å²) in [6.07, 6.45) is 1.27. The van der Waals surface area contributed by atoms with E-state index in [0.717, 1.165) is 25.8 Å². The van der Waals surface area contributed by atoms with E-state index in [1.54, 1.807) is 0 Å². The molecular formula is C13H21F3N2O2.